The first-order valence-corrected chi connectivity index (χ1v) is 6.55. The number of para-hydroxylation sites is 1. The molecule has 0 bridgehead atoms. The van der Waals surface area contributed by atoms with Gasteiger partial charge in [-0.3, -0.25) is 4.79 Å². The highest BCUT2D eigenvalue weighted by Crippen LogP contribution is 2.32. The zero-order chi connectivity index (χ0) is 13.8. The molecule has 0 fully saturated rings. The highest BCUT2D eigenvalue weighted by atomic mass is 16.5. The van der Waals surface area contributed by atoms with Crippen molar-refractivity contribution in [1.82, 2.24) is 5.32 Å². The van der Waals surface area contributed by atoms with Crippen LogP contribution < -0.4 is 14.8 Å². The summed E-state index contributed by atoms with van der Waals surface area (Å²) in [5.41, 5.74) is 1.59. The van der Waals surface area contributed by atoms with Gasteiger partial charge in [-0.25, -0.2) is 0 Å². The van der Waals surface area contributed by atoms with Crippen LogP contribution in [0.25, 0.3) is 0 Å². The number of fused-ring (bicyclic) bond motifs is 1. The highest BCUT2D eigenvalue weighted by Gasteiger charge is 2.19. The molecule has 4 nitrogen and oxygen atoms in total. The van der Waals surface area contributed by atoms with Crippen molar-refractivity contribution in [2.45, 2.75) is 6.61 Å². The van der Waals surface area contributed by atoms with E-state index in [-0.39, 0.29) is 5.91 Å². The van der Waals surface area contributed by atoms with Gasteiger partial charge >= 0.3 is 0 Å². The summed E-state index contributed by atoms with van der Waals surface area (Å²) in [6.45, 7) is 1.40. The largest absolute Gasteiger partial charge is 0.487 e. The van der Waals surface area contributed by atoms with E-state index in [4.69, 9.17) is 9.47 Å². The minimum absolute atomic E-state index is 0.123. The van der Waals surface area contributed by atoms with Crippen LogP contribution in [-0.2, 0) is 6.61 Å². The average Bonchev–Trinajstić information content (AvgIpc) is 2.69. The van der Waals surface area contributed by atoms with E-state index >= 15 is 0 Å². The summed E-state index contributed by atoms with van der Waals surface area (Å²) < 4.78 is 11.4. The Bertz CT molecular complexity index is 610. The predicted octanol–water partition coefficient (Wildman–Crippen LogP) is 2.39. The van der Waals surface area contributed by atoms with Crippen molar-refractivity contribution in [3.63, 3.8) is 0 Å². The van der Waals surface area contributed by atoms with Crippen molar-refractivity contribution in [1.29, 1.82) is 0 Å². The molecule has 1 heterocycles. The van der Waals surface area contributed by atoms with Crippen molar-refractivity contribution < 1.29 is 14.3 Å². The summed E-state index contributed by atoms with van der Waals surface area (Å²) in [5.74, 6) is 1.00. The average molecular weight is 269 g/mol. The smallest absolute Gasteiger partial charge is 0.255 e. The molecule has 0 radical (unpaired) electrons. The van der Waals surface area contributed by atoms with Crippen LogP contribution in [0.2, 0.25) is 0 Å². The molecule has 1 aliphatic rings. The summed E-state index contributed by atoms with van der Waals surface area (Å²) in [7, 11) is 0. The quantitative estimate of drug-likeness (QED) is 0.930. The van der Waals surface area contributed by atoms with E-state index in [0.717, 1.165) is 5.56 Å². The molecule has 1 amide bonds. The van der Waals surface area contributed by atoms with Gasteiger partial charge in [0, 0.05) is 0 Å². The molecular formula is C16H15NO3. The fourth-order valence-corrected chi connectivity index (χ4v) is 2.11. The van der Waals surface area contributed by atoms with Gasteiger partial charge in [0.1, 0.15) is 13.2 Å². The van der Waals surface area contributed by atoms with Crippen molar-refractivity contribution in [3.05, 3.63) is 59.7 Å². The second-order valence-electron chi connectivity index (χ2n) is 4.51. The lowest BCUT2D eigenvalue weighted by Gasteiger charge is -2.13. The summed E-state index contributed by atoms with van der Waals surface area (Å²) in [5, 5.41) is 2.78. The van der Waals surface area contributed by atoms with Crippen molar-refractivity contribution in [3.8, 4) is 11.5 Å². The third kappa shape index (κ3) is 2.59. The maximum absolute atomic E-state index is 11.9. The van der Waals surface area contributed by atoms with Gasteiger partial charge in [0.2, 0.25) is 0 Å². The molecule has 2 aromatic rings. The Balaban J connectivity index is 1.83. The van der Waals surface area contributed by atoms with E-state index in [2.05, 4.69) is 5.32 Å². The fraction of sp³-hybridized carbons (Fsp3) is 0.188. The van der Waals surface area contributed by atoms with Crippen LogP contribution in [0.4, 0.5) is 0 Å². The fourth-order valence-electron chi connectivity index (χ4n) is 2.11. The number of nitrogens with one attached hydrogen (secondary N) is 1. The Morgan fingerprint density at radius 1 is 1.10 bits per heavy atom. The van der Waals surface area contributed by atoms with Crippen LogP contribution in [0.3, 0.4) is 0 Å². The molecule has 102 valence electrons. The van der Waals surface area contributed by atoms with Crippen LogP contribution in [-0.4, -0.2) is 19.1 Å². The van der Waals surface area contributed by atoms with E-state index < -0.39 is 0 Å². The van der Waals surface area contributed by atoms with Crippen LogP contribution in [0.1, 0.15) is 15.9 Å². The normalized spacial score (nSPS) is 13.7. The van der Waals surface area contributed by atoms with Gasteiger partial charge in [-0.05, 0) is 17.7 Å². The first-order chi connectivity index (χ1) is 9.84. The molecule has 4 heteroatoms. The van der Waals surface area contributed by atoms with Gasteiger partial charge in [0.25, 0.3) is 5.91 Å². The molecule has 3 rings (SSSR count). The maximum atomic E-state index is 11.9. The second kappa shape index (κ2) is 5.65. The maximum Gasteiger partial charge on any atom is 0.255 e. The van der Waals surface area contributed by atoms with Crippen molar-refractivity contribution in [2.75, 3.05) is 13.2 Å². The number of hydrogen-bond acceptors (Lipinski definition) is 3. The molecule has 2 aromatic carbocycles. The Hall–Kier alpha value is -2.49. The number of carbonyl (C=O) groups is 1. The Kier molecular flexibility index (Phi) is 3.54. The number of ether oxygens (including phenoxy) is 2. The monoisotopic (exact) mass is 269 g/mol. The molecule has 20 heavy (non-hydrogen) atoms. The third-order valence-corrected chi connectivity index (χ3v) is 3.09. The first kappa shape index (κ1) is 12.5. The molecule has 0 aliphatic carbocycles. The molecule has 1 N–H and O–H groups in total. The zero-order valence-electron chi connectivity index (χ0n) is 11.0. The lowest BCUT2D eigenvalue weighted by atomic mass is 10.1. The predicted molar refractivity (Wildman–Crippen MR) is 75.0 cm³/mol. The van der Waals surface area contributed by atoms with Crippen LogP contribution >= 0.6 is 0 Å². The number of benzene rings is 2. The second-order valence-corrected chi connectivity index (χ2v) is 4.51. The first-order valence-electron chi connectivity index (χ1n) is 6.55. The SMILES string of the molecule is O=C1NCCOc2c(OCc3ccccc3)cccc21. The van der Waals surface area contributed by atoms with Gasteiger partial charge in [0.05, 0.1) is 12.1 Å². The Morgan fingerprint density at radius 3 is 2.80 bits per heavy atom. The van der Waals surface area contributed by atoms with Gasteiger partial charge in [0.15, 0.2) is 11.5 Å². The number of hydrogen-bond donors (Lipinski definition) is 1. The van der Waals surface area contributed by atoms with Crippen LogP contribution in [0.5, 0.6) is 11.5 Å². The third-order valence-electron chi connectivity index (χ3n) is 3.09. The van der Waals surface area contributed by atoms with E-state index in [1.807, 2.05) is 36.4 Å². The minimum atomic E-state index is -0.123. The lowest BCUT2D eigenvalue weighted by molar-refractivity contribution is 0.0957. The van der Waals surface area contributed by atoms with Gasteiger partial charge in [-0.1, -0.05) is 36.4 Å². The van der Waals surface area contributed by atoms with Gasteiger partial charge in [-0.2, -0.15) is 0 Å². The standard InChI is InChI=1S/C16H15NO3/c18-16-13-7-4-8-14(15(13)19-10-9-17-16)20-11-12-5-2-1-3-6-12/h1-8H,9-11H2,(H,17,18). The van der Waals surface area contributed by atoms with E-state index in [9.17, 15) is 4.79 Å². The van der Waals surface area contributed by atoms with E-state index in [0.29, 0.717) is 36.8 Å². The molecule has 0 aromatic heterocycles. The van der Waals surface area contributed by atoms with Gasteiger partial charge < -0.3 is 14.8 Å². The molecule has 0 saturated heterocycles. The summed E-state index contributed by atoms with van der Waals surface area (Å²) in [6, 6.07) is 15.2. The van der Waals surface area contributed by atoms with Gasteiger partial charge in [-0.15, -0.1) is 0 Å². The molecule has 0 atom stereocenters. The summed E-state index contributed by atoms with van der Waals surface area (Å²) in [6.07, 6.45) is 0. The number of rotatable bonds is 3. The summed E-state index contributed by atoms with van der Waals surface area (Å²) in [4.78, 5) is 11.9. The zero-order valence-corrected chi connectivity index (χ0v) is 11.0. The minimum Gasteiger partial charge on any atom is -0.487 e. The topological polar surface area (TPSA) is 47.6 Å². The Morgan fingerprint density at radius 2 is 1.95 bits per heavy atom. The number of carbonyl (C=O) groups excluding carboxylic acids is 1. The van der Waals surface area contributed by atoms with E-state index in [1.165, 1.54) is 0 Å². The number of amides is 1. The molecular weight excluding hydrogens is 254 g/mol. The van der Waals surface area contributed by atoms with Crippen LogP contribution in [0, 0.1) is 0 Å². The van der Waals surface area contributed by atoms with Crippen molar-refractivity contribution >= 4 is 5.91 Å². The van der Waals surface area contributed by atoms with E-state index in [1.54, 1.807) is 12.1 Å². The molecule has 0 unspecified atom stereocenters. The highest BCUT2D eigenvalue weighted by molar-refractivity contribution is 5.98. The molecule has 0 spiro atoms. The molecule has 1 aliphatic heterocycles. The summed E-state index contributed by atoms with van der Waals surface area (Å²) >= 11 is 0. The molecule has 0 saturated carbocycles. The lowest BCUT2D eigenvalue weighted by Crippen LogP contribution is -2.24. The Labute approximate surface area is 117 Å². The van der Waals surface area contributed by atoms with Crippen LogP contribution in [0.15, 0.2) is 48.5 Å². The van der Waals surface area contributed by atoms with Crippen molar-refractivity contribution in [2.24, 2.45) is 0 Å².